The predicted octanol–water partition coefficient (Wildman–Crippen LogP) is 3.33. The molecule has 0 aliphatic carbocycles. The first kappa shape index (κ1) is 7.95. The third-order valence-electron chi connectivity index (χ3n) is 1.41. The molecule has 0 bridgehead atoms. The second-order valence-corrected chi connectivity index (χ2v) is 4.46. The molecule has 0 radical (unpaired) electrons. The Morgan fingerprint density at radius 1 is 1.33 bits per heavy atom. The average Bonchev–Trinajstić information content (AvgIpc) is 2.59. The first-order valence-electron chi connectivity index (χ1n) is 3.58. The average molecular weight is 193 g/mol. The van der Waals surface area contributed by atoms with Gasteiger partial charge in [-0.15, -0.1) is 0 Å². The molecule has 2 heterocycles. The van der Waals surface area contributed by atoms with E-state index in [0.717, 1.165) is 5.69 Å². The summed E-state index contributed by atoms with van der Waals surface area (Å²) in [6.45, 7) is 0. The summed E-state index contributed by atoms with van der Waals surface area (Å²) in [5.41, 5.74) is 1.02. The summed E-state index contributed by atoms with van der Waals surface area (Å²) in [5.74, 6) is 0. The van der Waals surface area contributed by atoms with Gasteiger partial charge in [0.25, 0.3) is 0 Å². The van der Waals surface area contributed by atoms with Gasteiger partial charge < -0.3 is 0 Å². The lowest BCUT2D eigenvalue weighted by atomic mass is 10.3. The number of pyridine rings is 1. The van der Waals surface area contributed by atoms with Crippen LogP contribution in [0.1, 0.15) is 5.69 Å². The van der Waals surface area contributed by atoms with Crippen molar-refractivity contribution < 1.29 is 0 Å². The fraction of sp³-hybridized carbons (Fsp3) is 0. The number of nitrogens with zero attached hydrogens (tertiary/aromatic N) is 1. The van der Waals surface area contributed by atoms with Gasteiger partial charge in [0.05, 0.1) is 5.69 Å². The zero-order chi connectivity index (χ0) is 8.23. The van der Waals surface area contributed by atoms with Gasteiger partial charge in [-0.05, 0) is 29.7 Å². The minimum atomic E-state index is 1.02. The van der Waals surface area contributed by atoms with E-state index < -0.39 is 0 Å². The molecular weight excluding hydrogens is 186 g/mol. The molecule has 1 aromatic rings. The number of rotatable bonds is 1. The highest BCUT2D eigenvalue weighted by atomic mass is 33.1. The lowest BCUT2D eigenvalue weighted by Crippen LogP contribution is -1.76. The molecule has 1 aliphatic rings. The molecule has 0 aromatic carbocycles. The van der Waals surface area contributed by atoms with Gasteiger partial charge in [0, 0.05) is 11.1 Å². The summed E-state index contributed by atoms with van der Waals surface area (Å²) >= 11 is 0. The van der Waals surface area contributed by atoms with E-state index in [1.54, 1.807) is 21.6 Å². The van der Waals surface area contributed by atoms with Gasteiger partial charge in [-0.2, -0.15) is 0 Å². The van der Waals surface area contributed by atoms with Crippen LogP contribution >= 0.6 is 21.6 Å². The van der Waals surface area contributed by atoms with Crippen LogP contribution in [-0.4, -0.2) is 4.98 Å². The normalized spacial score (nSPS) is 18.8. The van der Waals surface area contributed by atoms with Gasteiger partial charge in [0.15, 0.2) is 0 Å². The molecule has 2 rings (SSSR count). The number of hydrogen-bond acceptors (Lipinski definition) is 3. The van der Waals surface area contributed by atoms with E-state index in [2.05, 4.69) is 22.5 Å². The van der Waals surface area contributed by atoms with Gasteiger partial charge in [-0.1, -0.05) is 27.7 Å². The Balaban J connectivity index is 2.22. The largest absolute Gasteiger partial charge is 0.257 e. The second-order valence-electron chi connectivity index (χ2n) is 2.28. The van der Waals surface area contributed by atoms with E-state index in [9.17, 15) is 0 Å². The number of hydrogen-bond donors (Lipinski definition) is 0. The van der Waals surface area contributed by atoms with Crippen molar-refractivity contribution in [1.82, 2.24) is 4.98 Å². The maximum Gasteiger partial charge on any atom is 0.0641 e. The fourth-order valence-electron chi connectivity index (χ4n) is 0.885. The molecule has 0 saturated carbocycles. The van der Waals surface area contributed by atoms with E-state index >= 15 is 0 Å². The molecule has 0 N–H and O–H groups in total. The van der Waals surface area contributed by atoms with Crippen molar-refractivity contribution in [3.63, 3.8) is 0 Å². The van der Waals surface area contributed by atoms with Gasteiger partial charge in [-0.25, -0.2) is 0 Å². The van der Waals surface area contributed by atoms with E-state index in [4.69, 9.17) is 0 Å². The smallest absolute Gasteiger partial charge is 0.0641 e. The van der Waals surface area contributed by atoms with Crippen LogP contribution in [0, 0.1) is 0 Å². The van der Waals surface area contributed by atoms with Crippen LogP contribution in [0.3, 0.4) is 0 Å². The van der Waals surface area contributed by atoms with E-state index in [-0.39, 0.29) is 0 Å². The molecule has 0 atom stereocenters. The Morgan fingerprint density at radius 3 is 3.00 bits per heavy atom. The van der Waals surface area contributed by atoms with Crippen LogP contribution in [0.15, 0.2) is 40.8 Å². The molecule has 1 aliphatic heterocycles. The van der Waals surface area contributed by atoms with Crippen LogP contribution in [0.2, 0.25) is 0 Å². The SMILES string of the molecule is C1=CC(=Cc2ccccn2)SS1. The topological polar surface area (TPSA) is 12.9 Å². The molecule has 1 nitrogen and oxygen atoms in total. The Hall–Kier alpha value is -0.670. The van der Waals surface area contributed by atoms with E-state index in [0.29, 0.717) is 0 Å². The standard InChI is InChI=1S/C9H7NS2/c1-2-5-10-8(3-1)7-9-4-6-11-12-9/h1-7H. The molecule has 12 heavy (non-hydrogen) atoms. The summed E-state index contributed by atoms with van der Waals surface area (Å²) in [4.78, 5) is 5.47. The lowest BCUT2D eigenvalue weighted by molar-refractivity contribution is 1.30. The van der Waals surface area contributed by atoms with E-state index in [1.807, 2.05) is 24.4 Å². The van der Waals surface area contributed by atoms with E-state index in [1.165, 1.54) is 4.91 Å². The predicted molar refractivity (Wildman–Crippen MR) is 56.5 cm³/mol. The number of aromatic nitrogens is 1. The van der Waals surface area contributed by atoms with Crippen molar-refractivity contribution in [2.24, 2.45) is 0 Å². The maximum atomic E-state index is 4.21. The summed E-state index contributed by atoms with van der Waals surface area (Å²) in [6.07, 6.45) is 5.99. The minimum absolute atomic E-state index is 1.02. The van der Waals surface area contributed by atoms with Gasteiger partial charge >= 0.3 is 0 Å². The third kappa shape index (κ3) is 1.93. The second kappa shape index (κ2) is 3.83. The van der Waals surface area contributed by atoms with Crippen LogP contribution < -0.4 is 0 Å². The Kier molecular flexibility index (Phi) is 2.54. The molecule has 0 amide bonds. The van der Waals surface area contributed by atoms with Crippen molar-refractivity contribution >= 4 is 27.7 Å². The third-order valence-corrected chi connectivity index (χ3v) is 3.40. The molecular formula is C9H7NS2. The summed E-state index contributed by atoms with van der Waals surface area (Å²) < 4.78 is 0. The molecule has 0 fully saturated rings. The zero-order valence-corrected chi connectivity index (χ0v) is 7.94. The molecule has 1 aromatic heterocycles. The minimum Gasteiger partial charge on any atom is -0.257 e. The highest BCUT2D eigenvalue weighted by Gasteiger charge is 2.00. The van der Waals surface area contributed by atoms with Crippen molar-refractivity contribution in [1.29, 1.82) is 0 Å². The highest BCUT2D eigenvalue weighted by molar-refractivity contribution is 8.79. The molecule has 0 spiro atoms. The highest BCUT2D eigenvalue weighted by Crippen LogP contribution is 2.39. The Morgan fingerprint density at radius 2 is 2.33 bits per heavy atom. The van der Waals surface area contributed by atoms with Crippen molar-refractivity contribution in [2.45, 2.75) is 0 Å². The molecule has 3 heteroatoms. The summed E-state index contributed by atoms with van der Waals surface area (Å²) in [7, 11) is 3.51. The first-order valence-corrected chi connectivity index (χ1v) is 5.79. The lowest BCUT2D eigenvalue weighted by Gasteiger charge is -1.92. The van der Waals surface area contributed by atoms with Crippen molar-refractivity contribution in [2.75, 3.05) is 0 Å². The van der Waals surface area contributed by atoms with Crippen molar-refractivity contribution in [3.05, 3.63) is 46.5 Å². The van der Waals surface area contributed by atoms with Gasteiger partial charge in [-0.3, -0.25) is 4.98 Å². The van der Waals surface area contributed by atoms with Crippen molar-refractivity contribution in [3.8, 4) is 0 Å². The number of allylic oxidation sites excluding steroid dienone is 1. The summed E-state index contributed by atoms with van der Waals surface area (Å²) in [5, 5.41) is 2.08. The van der Waals surface area contributed by atoms with Gasteiger partial charge in [0.2, 0.25) is 0 Å². The Bertz CT molecular complexity index is 317. The van der Waals surface area contributed by atoms with Gasteiger partial charge in [0.1, 0.15) is 0 Å². The zero-order valence-electron chi connectivity index (χ0n) is 6.31. The quantitative estimate of drug-likeness (QED) is 0.635. The van der Waals surface area contributed by atoms with Crippen LogP contribution in [0.5, 0.6) is 0 Å². The fourth-order valence-corrected chi connectivity index (χ4v) is 2.61. The monoisotopic (exact) mass is 193 g/mol. The van der Waals surface area contributed by atoms with Crippen LogP contribution in [0.4, 0.5) is 0 Å². The summed E-state index contributed by atoms with van der Waals surface area (Å²) in [6, 6.07) is 5.93. The maximum absolute atomic E-state index is 4.21. The first-order chi connectivity index (χ1) is 5.95. The molecule has 0 saturated heterocycles. The van der Waals surface area contributed by atoms with Crippen LogP contribution in [-0.2, 0) is 0 Å². The molecule has 60 valence electrons. The van der Waals surface area contributed by atoms with Crippen LogP contribution in [0.25, 0.3) is 6.08 Å². The Labute approximate surface area is 79.4 Å². The molecule has 0 unspecified atom stereocenters.